The Kier molecular flexibility index (Phi) is 6.06. The predicted molar refractivity (Wildman–Crippen MR) is 101 cm³/mol. The smallest absolute Gasteiger partial charge is 0.222 e. The number of aliphatic hydroxyl groups is 1. The van der Waals surface area contributed by atoms with E-state index in [9.17, 15) is 9.90 Å². The summed E-state index contributed by atoms with van der Waals surface area (Å²) < 4.78 is 1.73. The van der Waals surface area contributed by atoms with Crippen molar-refractivity contribution in [2.45, 2.75) is 31.4 Å². The Morgan fingerprint density at radius 1 is 1.19 bits per heavy atom. The van der Waals surface area contributed by atoms with Gasteiger partial charge >= 0.3 is 0 Å². The largest absolute Gasteiger partial charge is 0.385 e. The molecule has 0 saturated carbocycles. The van der Waals surface area contributed by atoms with Gasteiger partial charge in [-0.15, -0.1) is 0 Å². The van der Waals surface area contributed by atoms with E-state index in [0.717, 1.165) is 19.4 Å². The van der Waals surface area contributed by atoms with Gasteiger partial charge in [-0.1, -0.05) is 30.3 Å². The molecule has 1 N–H and O–H groups in total. The van der Waals surface area contributed by atoms with Crippen molar-refractivity contribution < 1.29 is 9.90 Å². The van der Waals surface area contributed by atoms with E-state index in [4.69, 9.17) is 0 Å². The van der Waals surface area contributed by atoms with Gasteiger partial charge in [0.05, 0.1) is 13.1 Å². The molecule has 0 aliphatic carbocycles. The van der Waals surface area contributed by atoms with E-state index < -0.39 is 5.60 Å². The summed E-state index contributed by atoms with van der Waals surface area (Å²) in [6.45, 7) is 2.69. The number of β-amino-alcohol motifs (C(OH)–C–C–N with tert-alkyl or cyclic N) is 1. The molecule has 2 aromatic rings. The number of amides is 1. The molecule has 3 rings (SSSR count). The summed E-state index contributed by atoms with van der Waals surface area (Å²) in [6.07, 6.45) is 5.78. The van der Waals surface area contributed by atoms with Crippen molar-refractivity contribution in [3.05, 3.63) is 54.4 Å². The molecular weight excluding hydrogens is 328 g/mol. The zero-order valence-electron chi connectivity index (χ0n) is 15.4. The number of carbonyl (C=O) groups is 1. The minimum absolute atomic E-state index is 0.120. The average molecular weight is 356 g/mol. The Labute approximate surface area is 155 Å². The Morgan fingerprint density at radius 2 is 2.00 bits per heavy atom. The van der Waals surface area contributed by atoms with Crippen LogP contribution in [-0.4, -0.2) is 69.4 Å². The normalized spacial score (nSPS) is 21.5. The van der Waals surface area contributed by atoms with Crippen LogP contribution in [0.5, 0.6) is 0 Å². The van der Waals surface area contributed by atoms with Gasteiger partial charge in [0.1, 0.15) is 5.60 Å². The molecule has 0 unspecified atom stereocenters. The highest BCUT2D eigenvalue weighted by Gasteiger charge is 2.36. The standard InChI is InChI=1S/C20H28N4O2/c1-22-13-14-23(16-20(26,15-22)17-24-12-6-11-21-24)19(25)10-5-9-18-7-3-2-4-8-18/h2-4,6-8,11-12,26H,5,9-10,13-17H2,1H3/t20-/m0/s1. The molecule has 1 aliphatic heterocycles. The molecule has 0 spiro atoms. The van der Waals surface area contributed by atoms with Gasteiger partial charge in [0.15, 0.2) is 0 Å². The van der Waals surface area contributed by atoms with Crippen molar-refractivity contribution in [3.8, 4) is 0 Å². The van der Waals surface area contributed by atoms with Gasteiger partial charge in [-0.3, -0.25) is 9.48 Å². The predicted octanol–water partition coefficient (Wildman–Crippen LogP) is 1.41. The summed E-state index contributed by atoms with van der Waals surface area (Å²) in [4.78, 5) is 16.6. The van der Waals surface area contributed by atoms with Crippen molar-refractivity contribution >= 4 is 5.91 Å². The maximum Gasteiger partial charge on any atom is 0.222 e. The van der Waals surface area contributed by atoms with E-state index in [-0.39, 0.29) is 5.91 Å². The van der Waals surface area contributed by atoms with E-state index in [2.05, 4.69) is 22.1 Å². The fourth-order valence-corrected chi connectivity index (χ4v) is 3.61. The molecule has 140 valence electrons. The summed E-state index contributed by atoms with van der Waals surface area (Å²) in [5.41, 5.74) is 0.262. The quantitative estimate of drug-likeness (QED) is 0.850. The minimum Gasteiger partial charge on any atom is -0.385 e. The first kappa shape index (κ1) is 18.6. The summed E-state index contributed by atoms with van der Waals surface area (Å²) in [5.74, 6) is 0.120. The van der Waals surface area contributed by atoms with Gasteiger partial charge < -0.3 is 14.9 Å². The first-order chi connectivity index (χ1) is 12.5. The van der Waals surface area contributed by atoms with Gasteiger partial charge in [-0.2, -0.15) is 5.10 Å². The molecule has 1 saturated heterocycles. The molecule has 1 aromatic heterocycles. The maximum absolute atomic E-state index is 12.7. The Bertz CT molecular complexity index is 689. The monoisotopic (exact) mass is 356 g/mol. The third-order valence-corrected chi connectivity index (χ3v) is 4.87. The second-order valence-electron chi connectivity index (χ2n) is 7.32. The molecule has 26 heavy (non-hydrogen) atoms. The molecule has 1 aromatic carbocycles. The van der Waals surface area contributed by atoms with Crippen molar-refractivity contribution in [1.82, 2.24) is 19.6 Å². The van der Waals surface area contributed by atoms with E-state index in [0.29, 0.717) is 32.6 Å². The average Bonchev–Trinajstić information content (AvgIpc) is 3.06. The van der Waals surface area contributed by atoms with E-state index in [1.807, 2.05) is 42.4 Å². The van der Waals surface area contributed by atoms with Gasteiger partial charge in [-0.25, -0.2) is 0 Å². The Balaban J connectivity index is 1.57. The van der Waals surface area contributed by atoms with Crippen LogP contribution in [0.1, 0.15) is 18.4 Å². The topological polar surface area (TPSA) is 61.6 Å². The number of carbonyl (C=O) groups excluding carboxylic acids is 1. The highest BCUT2D eigenvalue weighted by Crippen LogP contribution is 2.17. The van der Waals surface area contributed by atoms with Crippen LogP contribution in [0.2, 0.25) is 0 Å². The van der Waals surface area contributed by atoms with Crippen LogP contribution < -0.4 is 0 Å². The van der Waals surface area contributed by atoms with Gasteiger partial charge in [0, 0.05) is 38.4 Å². The molecule has 1 fully saturated rings. The molecule has 6 heteroatoms. The number of rotatable bonds is 6. The summed E-state index contributed by atoms with van der Waals surface area (Å²) in [7, 11) is 1.98. The van der Waals surface area contributed by atoms with Gasteiger partial charge in [-0.05, 0) is 31.5 Å². The second kappa shape index (κ2) is 8.47. The number of aryl methyl sites for hydroxylation is 1. The van der Waals surface area contributed by atoms with Crippen LogP contribution in [-0.2, 0) is 17.8 Å². The van der Waals surface area contributed by atoms with Crippen molar-refractivity contribution in [2.75, 3.05) is 33.2 Å². The van der Waals surface area contributed by atoms with Crippen LogP contribution >= 0.6 is 0 Å². The van der Waals surface area contributed by atoms with Crippen LogP contribution in [0.3, 0.4) is 0 Å². The Hall–Kier alpha value is -2.18. The maximum atomic E-state index is 12.7. The molecule has 0 radical (unpaired) electrons. The number of hydrogen-bond acceptors (Lipinski definition) is 4. The highest BCUT2D eigenvalue weighted by atomic mass is 16.3. The van der Waals surface area contributed by atoms with Crippen LogP contribution in [0.15, 0.2) is 48.8 Å². The minimum atomic E-state index is -0.994. The molecule has 0 bridgehead atoms. The SMILES string of the molecule is CN1CCN(C(=O)CCCc2ccccc2)C[C@](O)(Cn2cccn2)C1. The first-order valence-corrected chi connectivity index (χ1v) is 9.24. The third kappa shape index (κ3) is 5.16. The second-order valence-corrected chi connectivity index (χ2v) is 7.32. The fourth-order valence-electron chi connectivity index (χ4n) is 3.61. The lowest BCUT2D eigenvalue weighted by Crippen LogP contribution is -2.50. The number of nitrogens with zero attached hydrogens (tertiary/aromatic N) is 4. The van der Waals surface area contributed by atoms with Crippen LogP contribution in [0.4, 0.5) is 0 Å². The fraction of sp³-hybridized carbons (Fsp3) is 0.500. The van der Waals surface area contributed by atoms with E-state index >= 15 is 0 Å². The first-order valence-electron chi connectivity index (χ1n) is 9.24. The Morgan fingerprint density at radius 3 is 2.73 bits per heavy atom. The summed E-state index contributed by atoms with van der Waals surface area (Å²) in [5, 5.41) is 15.3. The van der Waals surface area contributed by atoms with Crippen molar-refractivity contribution in [2.24, 2.45) is 0 Å². The number of benzene rings is 1. The number of likely N-dealkylation sites (N-methyl/N-ethyl adjacent to an activating group) is 1. The lowest BCUT2D eigenvalue weighted by Gasteiger charge is -2.32. The molecule has 1 atom stereocenters. The molecular formula is C20H28N4O2. The lowest BCUT2D eigenvalue weighted by atomic mass is 10.0. The molecule has 6 nitrogen and oxygen atoms in total. The lowest BCUT2D eigenvalue weighted by molar-refractivity contribution is -0.134. The summed E-state index contributed by atoms with van der Waals surface area (Å²) >= 11 is 0. The molecule has 1 amide bonds. The number of aromatic nitrogens is 2. The highest BCUT2D eigenvalue weighted by molar-refractivity contribution is 5.76. The third-order valence-electron chi connectivity index (χ3n) is 4.87. The van der Waals surface area contributed by atoms with Gasteiger partial charge in [0.2, 0.25) is 5.91 Å². The van der Waals surface area contributed by atoms with E-state index in [1.54, 1.807) is 10.9 Å². The molecule has 2 heterocycles. The van der Waals surface area contributed by atoms with Gasteiger partial charge in [0.25, 0.3) is 0 Å². The zero-order valence-corrected chi connectivity index (χ0v) is 15.4. The summed E-state index contributed by atoms with van der Waals surface area (Å²) in [6, 6.07) is 12.1. The molecule has 1 aliphatic rings. The zero-order chi connectivity index (χ0) is 18.4. The van der Waals surface area contributed by atoms with Crippen molar-refractivity contribution in [3.63, 3.8) is 0 Å². The van der Waals surface area contributed by atoms with E-state index in [1.165, 1.54) is 5.56 Å². The van der Waals surface area contributed by atoms with Crippen LogP contribution in [0, 0.1) is 0 Å². The van der Waals surface area contributed by atoms with Crippen LogP contribution in [0.25, 0.3) is 0 Å². The van der Waals surface area contributed by atoms with Crippen molar-refractivity contribution in [1.29, 1.82) is 0 Å². The number of hydrogen-bond donors (Lipinski definition) is 1.